The molecule has 0 spiro atoms. The van der Waals surface area contributed by atoms with Gasteiger partial charge in [-0.1, -0.05) is 6.92 Å². The maximum Gasteiger partial charge on any atom is 0.331 e. The largest absolute Gasteiger partial charge is 0.331 e. The minimum absolute atomic E-state index is 0.356. The lowest BCUT2D eigenvalue weighted by atomic mass is 10.3. The normalized spacial score (nSPS) is 14.2. The van der Waals surface area contributed by atoms with E-state index < -0.39 is 16.1 Å². The van der Waals surface area contributed by atoms with Crippen molar-refractivity contribution in [1.82, 2.24) is 9.57 Å². The third kappa shape index (κ3) is 10.4. The van der Waals surface area contributed by atoms with Crippen molar-refractivity contribution in [3.63, 3.8) is 0 Å². The van der Waals surface area contributed by atoms with Gasteiger partial charge in [0, 0.05) is 39.4 Å². The second-order valence-electron chi connectivity index (χ2n) is 6.47. The molecule has 152 valence electrons. The summed E-state index contributed by atoms with van der Waals surface area (Å²) in [6.07, 6.45) is 1.33. The Labute approximate surface area is 155 Å². The van der Waals surface area contributed by atoms with Crippen molar-refractivity contribution in [2.24, 2.45) is 0 Å². The summed E-state index contributed by atoms with van der Waals surface area (Å²) in [5, 5.41) is 0. The number of likely N-dealkylation sites (N-methyl/N-ethyl adjacent to an activating group) is 1. The SMILES string of the molecule is CCCOP(OCCN(C)CCP(=O)(OC)OC)N(C(C)C)C(C)C. The Morgan fingerprint density at radius 2 is 1.48 bits per heavy atom. The maximum absolute atomic E-state index is 12.1. The van der Waals surface area contributed by atoms with E-state index in [1.807, 2.05) is 7.05 Å². The third-order valence-electron chi connectivity index (χ3n) is 3.64. The fourth-order valence-corrected chi connectivity index (χ4v) is 5.02. The molecule has 0 fully saturated rings. The summed E-state index contributed by atoms with van der Waals surface area (Å²) in [6.45, 7) is 13.3. The molecule has 1 atom stereocenters. The van der Waals surface area contributed by atoms with Gasteiger partial charge in [-0.05, 0) is 41.2 Å². The van der Waals surface area contributed by atoms with Crippen molar-refractivity contribution in [3.8, 4) is 0 Å². The van der Waals surface area contributed by atoms with Gasteiger partial charge in [-0.25, -0.2) is 4.67 Å². The summed E-state index contributed by atoms with van der Waals surface area (Å²) in [4.78, 5) is 2.06. The lowest BCUT2D eigenvalue weighted by Gasteiger charge is -2.35. The Kier molecular flexibility index (Phi) is 13.8. The first-order valence-electron chi connectivity index (χ1n) is 8.94. The van der Waals surface area contributed by atoms with E-state index in [1.54, 1.807) is 0 Å². The Bertz CT molecular complexity index is 370. The van der Waals surface area contributed by atoms with Crippen molar-refractivity contribution in [2.75, 3.05) is 53.7 Å². The van der Waals surface area contributed by atoms with Gasteiger partial charge >= 0.3 is 7.60 Å². The van der Waals surface area contributed by atoms with Crippen LogP contribution in [-0.4, -0.2) is 75.4 Å². The van der Waals surface area contributed by atoms with Gasteiger partial charge in [-0.15, -0.1) is 0 Å². The van der Waals surface area contributed by atoms with E-state index in [1.165, 1.54) is 14.2 Å². The summed E-state index contributed by atoms with van der Waals surface area (Å²) >= 11 is 0. The van der Waals surface area contributed by atoms with Crippen molar-refractivity contribution < 1.29 is 22.7 Å². The van der Waals surface area contributed by atoms with Gasteiger partial charge < -0.3 is 23.0 Å². The Morgan fingerprint density at radius 3 is 1.92 bits per heavy atom. The Morgan fingerprint density at radius 1 is 0.960 bits per heavy atom. The van der Waals surface area contributed by atoms with E-state index in [2.05, 4.69) is 44.2 Å². The number of nitrogens with zero attached hydrogens (tertiary/aromatic N) is 2. The van der Waals surface area contributed by atoms with Crippen LogP contribution < -0.4 is 0 Å². The van der Waals surface area contributed by atoms with Crippen LogP contribution in [0.3, 0.4) is 0 Å². The molecular formula is C16H38N2O5P2. The molecule has 0 radical (unpaired) electrons. The van der Waals surface area contributed by atoms with E-state index in [-0.39, 0.29) is 0 Å². The van der Waals surface area contributed by atoms with E-state index in [0.717, 1.165) is 13.0 Å². The second-order valence-corrected chi connectivity index (χ2v) is 10.3. The molecule has 25 heavy (non-hydrogen) atoms. The molecule has 0 amide bonds. The molecule has 0 heterocycles. The number of hydrogen-bond donors (Lipinski definition) is 0. The molecule has 0 aliphatic rings. The highest BCUT2D eigenvalue weighted by atomic mass is 31.2. The van der Waals surface area contributed by atoms with Crippen LogP contribution in [0.5, 0.6) is 0 Å². The van der Waals surface area contributed by atoms with Gasteiger partial charge in [0.15, 0.2) is 0 Å². The molecule has 0 aromatic carbocycles. The molecule has 0 aromatic heterocycles. The molecule has 0 rings (SSSR count). The third-order valence-corrected chi connectivity index (χ3v) is 7.61. The summed E-state index contributed by atoms with van der Waals surface area (Å²) in [7, 11) is 0.769. The van der Waals surface area contributed by atoms with Crippen LogP contribution in [0.15, 0.2) is 0 Å². The van der Waals surface area contributed by atoms with E-state index in [9.17, 15) is 4.57 Å². The molecule has 0 aliphatic carbocycles. The topological polar surface area (TPSA) is 60.5 Å². The molecule has 0 N–H and O–H groups in total. The fourth-order valence-electron chi connectivity index (χ4n) is 2.25. The van der Waals surface area contributed by atoms with Gasteiger partial charge in [0.05, 0.1) is 19.4 Å². The summed E-state index contributed by atoms with van der Waals surface area (Å²) in [5.74, 6) is 0. The van der Waals surface area contributed by atoms with Crippen molar-refractivity contribution >= 4 is 16.1 Å². The smallest absolute Gasteiger partial charge is 0.322 e. The molecule has 0 aromatic rings. The van der Waals surface area contributed by atoms with Crippen molar-refractivity contribution in [2.45, 2.75) is 53.1 Å². The Balaban J connectivity index is 4.47. The quantitative estimate of drug-likeness (QED) is 0.382. The number of rotatable bonds is 15. The molecule has 0 aliphatic heterocycles. The first-order valence-corrected chi connectivity index (χ1v) is 11.8. The lowest BCUT2D eigenvalue weighted by Crippen LogP contribution is -2.34. The van der Waals surface area contributed by atoms with Crippen LogP contribution >= 0.6 is 16.1 Å². The number of hydrogen-bond acceptors (Lipinski definition) is 7. The van der Waals surface area contributed by atoms with E-state index in [4.69, 9.17) is 18.1 Å². The molecule has 9 heteroatoms. The van der Waals surface area contributed by atoms with Gasteiger partial charge in [0.1, 0.15) is 0 Å². The van der Waals surface area contributed by atoms with Crippen LogP contribution in [0.4, 0.5) is 0 Å². The highest BCUT2D eigenvalue weighted by Crippen LogP contribution is 2.46. The van der Waals surface area contributed by atoms with Crippen molar-refractivity contribution in [1.29, 1.82) is 0 Å². The first-order chi connectivity index (χ1) is 11.7. The summed E-state index contributed by atoms with van der Waals surface area (Å²) in [5.41, 5.74) is 0. The minimum atomic E-state index is -2.95. The van der Waals surface area contributed by atoms with Crippen LogP contribution in [-0.2, 0) is 22.7 Å². The average Bonchev–Trinajstić information content (AvgIpc) is 2.56. The highest BCUT2D eigenvalue weighted by Gasteiger charge is 2.27. The molecule has 0 saturated carbocycles. The van der Waals surface area contributed by atoms with Gasteiger partial charge in [0.25, 0.3) is 8.53 Å². The van der Waals surface area contributed by atoms with Gasteiger partial charge in [-0.3, -0.25) is 4.57 Å². The molecule has 0 saturated heterocycles. The standard InChI is InChI=1S/C16H38N2O5P2/c1-9-12-22-24(18(15(2)3)16(4)5)23-13-10-17(6)11-14-25(19,20-7)21-8/h15-16H,9-14H2,1-8H3. The fraction of sp³-hybridized carbons (Fsp3) is 1.00. The highest BCUT2D eigenvalue weighted by molar-refractivity contribution is 7.53. The first kappa shape index (κ1) is 25.4. The molecule has 7 nitrogen and oxygen atoms in total. The zero-order valence-corrected chi connectivity index (χ0v) is 19.0. The maximum atomic E-state index is 12.1. The average molecular weight is 400 g/mol. The zero-order chi connectivity index (χ0) is 19.5. The predicted octanol–water partition coefficient (Wildman–Crippen LogP) is 4.19. The predicted molar refractivity (Wildman–Crippen MR) is 105 cm³/mol. The van der Waals surface area contributed by atoms with Crippen LogP contribution in [0.2, 0.25) is 0 Å². The van der Waals surface area contributed by atoms with E-state index in [0.29, 0.717) is 38.0 Å². The summed E-state index contributed by atoms with van der Waals surface area (Å²) < 4.78 is 36.3. The van der Waals surface area contributed by atoms with Crippen LogP contribution in [0, 0.1) is 0 Å². The van der Waals surface area contributed by atoms with Gasteiger partial charge in [0.2, 0.25) is 0 Å². The summed E-state index contributed by atoms with van der Waals surface area (Å²) in [6, 6.07) is 0.713. The molecular weight excluding hydrogens is 362 g/mol. The minimum Gasteiger partial charge on any atom is -0.322 e. The van der Waals surface area contributed by atoms with Crippen molar-refractivity contribution in [3.05, 3.63) is 0 Å². The van der Waals surface area contributed by atoms with Gasteiger partial charge in [-0.2, -0.15) is 0 Å². The molecule has 1 unspecified atom stereocenters. The van der Waals surface area contributed by atoms with Crippen LogP contribution in [0.25, 0.3) is 0 Å². The van der Waals surface area contributed by atoms with E-state index >= 15 is 0 Å². The monoisotopic (exact) mass is 400 g/mol. The lowest BCUT2D eigenvalue weighted by molar-refractivity contribution is 0.161. The van der Waals surface area contributed by atoms with Crippen LogP contribution in [0.1, 0.15) is 41.0 Å². The zero-order valence-electron chi connectivity index (χ0n) is 17.2. The second kappa shape index (κ2) is 13.6. The molecule has 0 bridgehead atoms. The Hall–Kier alpha value is 0.420.